The first-order valence-corrected chi connectivity index (χ1v) is 6.04. The molecule has 1 aliphatic carbocycles. The van der Waals surface area contributed by atoms with Crippen molar-refractivity contribution < 1.29 is 14.8 Å². The lowest BCUT2D eigenvalue weighted by molar-refractivity contribution is -0.563. The Morgan fingerprint density at radius 2 is 2.10 bits per heavy atom. The summed E-state index contributed by atoms with van der Waals surface area (Å²) in [5, 5.41) is 21.4. The number of rotatable bonds is 4. The standard InChI is InChI=1S/C15H13NO4/c17-11-3-4-12-7-9-15(10-8-12,16(19)20)13-5-1-2-6-14(13)18/h1-9,11,18H,10H2. The predicted octanol–water partition coefficient (Wildman–Crippen LogP) is 2.51. The number of carbonyl (C=O) groups is 1. The van der Waals surface area contributed by atoms with Gasteiger partial charge in [-0.3, -0.25) is 14.9 Å². The summed E-state index contributed by atoms with van der Waals surface area (Å²) in [6.07, 6.45) is 8.38. The van der Waals surface area contributed by atoms with E-state index >= 15 is 0 Å². The van der Waals surface area contributed by atoms with Crippen LogP contribution in [0.4, 0.5) is 0 Å². The number of hydrogen-bond acceptors (Lipinski definition) is 4. The van der Waals surface area contributed by atoms with E-state index in [1.165, 1.54) is 18.2 Å². The number of hydrogen-bond donors (Lipinski definition) is 1. The van der Waals surface area contributed by atoms with E-state index in [1.807, 2.05) is 0 Å². The van der Waals surface area contributed by atoms with E-state index in [0.717, 1.165) is 5.57 Å². The fraction of sp³-hybridized carbons (Fsp3) is 0.133. The predicted molar refractivity (Wildman–Crippen MR) is 73.8 cm³/mol. The van der Waals surface area contributed by atoms with Gasteiger partial charge in [-0.15, -0.1) is 0 Å². The average molecular weight is 271 g/mol. The molecule has 0 bridgehead atoms. The van der Waals surface area contributed by atoms with Crippen LogP contribution in [0.2, 0.25) is 0 Å². The van der Waals surface area contributed by atoms with Gasteiger partial charge in [0, 0.05) is 11.3 Å². The fourth-order valence-corrected chi connectivity index (χ4v) is 2.19. The van der Waals surface area contributed by atoms with E-state index < -0.39 is 10.5 Å². The Balaban J connectivity index is 2.42. The number of phenols is 1. The zero-order valence-electron chi connectivity index (χ0n) is 10.6. The fourth-order valence-electron chi connectivity index (χ4n) is 2.19. The van der Waals surface area contributed by atoms with Crippen molar-refractivity contribution in [3.8, 4) is 5.75 Å². The number of carbonyl (C=O) groups excluding carboxylic acids is 1. The molecule has 1 aromatic carbocycles. The highest BCUT2D eigenvalue weighted by Crippen LogP contribution is 2.39. The number of aldehydes is 1. The van der Waals surface area contributed by atoms with E-state index in [4.69, 9.17) is 0 Å². The second-order valence-electron chi connectivity index (χ2n) is 4.44. The molecule has 0 saturated carbocycles. The Morgan fingerprint density at radius 3 is 2.65 bits per heavy atom. The molecule has 1 N–H and O–H groups in total. The minimum Gasteiger partial charge on any atom is -0.507 e. The van der Waals surface area contributed by atoms with Crippen molar-refractivity contribution in [2.75, 3.05) is 0 Å². The maximum absolute atomic E-state index is 11.5. The molecular weight excluding hydrogens is 258 g/mol. The smallest absolute Gasteiger partial charge is 0.272 e. The molecule has 0 spiro atoms. The molecule has 0 fully saturated rings. The highest BCUT2D eigenvalue weighted by Gasteiger charge is 2.44. The molecule has 1 aliphatic rings. The van der Waals surface area contributed by atoms with Gasteiger partial charge in [0.25, 0.3) is 5.54 Å². The van der Waals surface area contributed by atoms with E-state index in [0.29, 0.717) is 6.29 Å². The largest absolute Gasteiger partial charge is 0.507 e. The first kappa shape index (κ1) is 13.7. The topological polar surface area (TPSA) is 80.4 Å². The normalized spacial score (nSPS) is 21.7. The summed E-state index contributed by atoms with van der Waals surface area (Å²) in [6.45, 7) is 0. The molecule has 5 nitrogen and oxygen atoms in total. The van der Waals surface area contributed by atoms with Gasteiger partial charge in [-0.1, -0.05) is 30.4 Å². The van der Waals surface area contributed by atoms with Gasteiger partial charge in [-0.05, 0) is 29.9 Å². The summed E-state index contributed by atoms with van der Waals surface area (Å²) < 4.78 is 0. The molecule has 0 aliphatic heterocycles. The summed E-state index contributed by atoms with van der Waals surface area (Å²) in [6, 6.07) is 6.25. The van der Waals surface area contributed by atoms with Gasteiger partial charge in [-0.25, -0.2) is 0 Å². The average Bonchev–Trinajstić information content (AvgIpc) is 2.46. The summed E-state index contributed by atoms with van der Waals surface area (Å²) in [4.78, 5) is 21.4. The van der Waals surface area contributed by atoms with Crippen molar-refractivity contribution in [1.82, 2.24) is 0 Å². The SMILES string of the molecule is O=CC=CC1=CCC(c2ccccc2O)([N+](=O)[O-])C=C1. The molecule has 1 atom stereocenters. The molecule has 0 aromatic heterocycles. The van der Waals surface area contributed by atoms with Crippen molar-refractivity contribution in [2.45, 2.75) is 12.0 Å². The Kier molecular flexibility index (Phi) is 3.79. The lowest BCUT2D eigenvalue weighted by Crippen LogP contribution is -2.34. The molecule has 5 heteroatoms. The van der Waals surface area contributed by atoms with E-state index in [-0.39, 0.29) is 17.7 Å². The monoisotopic (exact) mass is 271 g/mol. The third kappa shape index (κ3) is 2.38. The lowest BCUT2D eigenvalue weighted by atomic mass is 9.82. The van der Waals surface area contributed by atoms with Gasteiger partial charge < -0.3 is 5.11 Å². The Hall–Kier alpha value is -2.69. The van der Waals surface area contributed by atoms with Crippen LogP contribution in [0.25, 0.3) is 0 Å². The Morgan fingerprint density at radius 1 is 1.35 bits per heavy atom. The number of nitro groups is 1. The minimum absolute atomic E-state index is 0.103. The number of benzene rings is 1. The summed E-state index contributed by atoms with van der Waals surface area (Å²) in [5.41, 5.74) is -0.481. The number of aromatic hydroxyl groups is 1. The first-order valence-electron chi connectivity index (χ1n) is 6.04. The zero-order valence-corrected chi connectivity index (χ0v) is 10.6. The highest BCUT2D eigenvalue weighted by molar-refractivity contribution is 5.66. The van der Waals surface area contributed by atoms with Gasteiger partial charge in [-0.2, -0.15) is 0 Å². The van der Waals surface area contributed by atoms with Crippen molar-refractivity contribution >= 4 is 6.29 Å². The maximum atomic E-state index is 11.5. The van der Waals surface area contributed by atoms with E-state index in [9.17, 15) is 20.0 Å². The van der Waals surface area contributed by atoms with Gasteiger partial charge in [0.15, 0.2) is 0 Å². The summed E-state index contributed by atoms with van der Waals surface area (Å²) in [7, 11) is 0. The molecule has 20 heavy (non-hydrogen) atoms. The van der Waals surface area contributed by atoms with Crippen molar-refractivity contribution in [2.24, 2.45) is 0 Å². The number of phenolic OH excluding ortho intramolecular Hbond substituents is 1. The minimum atomic E-state index is -1.47. The van der Waals surface area contributed by atoms with E-state index in [1.54, 1.807) is 36.4 Å². The summed E-state index contributed by atoms with van der Waals surface area (Å²) >= 11 is 0. The highest BCUT2D eigenvalue weighted by atomic mass is 16.6. The Labute approximate surface area is 115 Å². The van der Waals surface area contributed by atoms with Crippen molar-refractivity contribution in [3.05, 3.63) is 75.9 Å². The molecule has 0 heterocycles. The van der Waals surface area contributed by atoms with Crippen LogP contribution < -0.4 is 0 Å². The van der Waals surface area contributed by atoms with Crippen LogP contribution in [0.15, 0.2) is 60.2 Å². The van der Waals surface area contributed by atoms with Gasteiger partial charge >= 0.3 is 0 Å². The number of nitrogens with zero attached hydrogens (tertiary/aromatic N) is 1. The number of para-hydroxylation sites is 1. The molecule has 102 valence electrons. The first-order chi connectivity index (χ1) is 9.60. The molecular formula is C15H13NO4. The van der Waals surface area contributed by atoms with E-state index in [2.05, 4.69) is 0 Å². The number of allylic oxidation sites excluding steroid dienone is 4. The Bertz CT molecular complexity index is 631. The third-order valence-electron chi connectivity index (χ3n) is 3.26. The second kappa shape index (κ2) is 5.52. The van der Waals surface area contributed by atoms with Crippen molar-refractivity contribution in [3.63, 3.8) is 0 Å². The van der Waals surface area contributed by atoms with Gasteiger partial charge in [0.1, 0.15) is 12.0 Å². The van der Waals surface area contributed by atoms with Crippen molar-refractivity contribution in [1.29, 1.82) is 0 Å². The van der Waals surface area contributed by atoms with Crippen LogP contribution in [0.1, 0.15) is 12.0 Å². The van der Waals surface area contributed by atoms with Crippen LogP contribution in [0, 0.1) is 10.1 Å². The second-order valence-corrected chi connectivity index (χ2v) is 4.44. The molecule has 2 rings (SSSR count). The molecule has 0 amide bonds. The lowest BCUT2D eigenvalue weighted by Gasteiger charge is -2.24. The third-order valence-corrected chi connectivity index (χ3v) is 3.26. The quantitative estimate of drug-likeness (QED) is 0.395. The summed E-state index contributed by atoms with van der Waals surface area (Å²) in [5.74, 6) is -0.103. The molecule has 0 radical (unpaired) electrons. The zero-order chi connectivity index (χ0) is 14.6. The van der Waals surface area contributed by atoms with Crippen LogP contribution in [-0.2, 0) is 10.3 Å². The van der Waals surface area contributed by atoms with Gasteiger partial charge in [0.2, 0.25) is 0 Å². The van der Waals surface area contributed by atoms with Crippen LogP contribution in [-0.4, -0.2) is 16.3 Å². The van der Waals surface area contributed by atoms with Crippen LogP contribution in [0.3, 0.4) is 0 Å². The molecule has 0 saturated heterocycles. The molecule has 1 unspecified atom stereocenters. The van der Waals surface area contributed by atoms with Crippen LogP contribution >= 0.6 is 0 Å². The van der Waals surface area contributed by atoms with Crippen LogP contribution in [0.5, 0.6) is 5.75 Å². The maximum Gasteiger partial charge on any atom is 0.272 e. The molecule has 1 aromatic rings. The van der Waals surface area contributed by atoms with Gasteiger partial charge in [0.05, 0.1) is 5.56 Å².